The predicted molar refractivity (Wildman–Crippen MR) is 110 cm³/mol. The Hall–Kier alpha value is -3.46. The monoisotopic (exact) mass is 428 g/mol. The number of hydrogen-bond donors (Lipinski definition) is 0. The normalized spacial score (nSPS) is 14.2. The van der Waals surface area contributed by atoms with E-state index >= 15 is 0 Å². The molecule has 1 aliphatic heterocycles. The summed E-state index contributed by atoms with van der Waals surface area (Å²) in [5.41, 5.74) is 2.31. The summed E-state index contributed by atoms with van der Waals surface area (Å²) in [6, 6.07) is 9.18. The van der Waals surface area contributed by atoms with E-state index in [9.17, 15) is 22.8 Å². The van der Waals surface area contributed by atoms with Gasteiger partial charge in [0.2, 0.25) is 0 Å². The SMILES string of the molecule is C=CCOC(=O)c1cccc(S(=O)(=O)N2C(=O)CN(c3ccc(C)c(C)c3)C2=O)c1. The highest BCUT2D eigenvalue weighted by Crippen LogP contribution is 2.28. The minimum atomic E-state index is -4.51. The number of carbonyl (C=O) groups excluding carboxylic acids is 3. The Balaban J connectivity index is 1.93. The zero-order chi connectivity index (χ0) is 22.1. The lowest BCUT2D eigenvalue weighted by Crippen LogP contribution is -2.38. The number of rotatable bonds is 6. The van der Waals surface area contributed by atoms with Crippen LogP contribution in [0.5, 0.6) is 0 Å². The second kappa shape index (κ2) is 8.11. The molecule has 30 heavy (non-hydrogen) atoms. The van der Waals surface area contributed by atoms with Gasteiger partial charge in [-0.1, -0.05) is 24.8 Å². The van der Waals surface area contributed by atoms with Crippen LogP contribution in [0.3, 0.4) is 0 Å². The van der Waals surface area contributed by atoms with E-state index in [0.717, 1.165) is 22.1 Å². The molecule has 156 valence electrons. The topological polar surface area (TPSA) is 101 Å². The van der Waals surface area contributed by atoms with Crippen LogP contribution in [0.15, 0.2) is 60.0 Å². The number of carbonyl (C=O) groups is 3. The van der Waals surface area contributed by atoms with Crippen molar-refractivity contribution in [1.82, 2.24) is 4.31 Å². The first-order valence-electron chi connectivity index (χ1n) is 9.02. The third kappa shape index (κ3) is 3.84. The zero-order valence-corrected chi connectivity index (χ0v) is 17.3. The molecule has 8 nitrogen and oxygen atoms in total. The van der Waals surface area contributed by atoms with E-state index in [1.54, 1.807) is 18.2 Å². The minimum absolute atomic E-state index is 0.0250. The van der Waals surface area contributed by atoms with Gasteiger partial charge in [-0.05, 0) is 55.3 Å². The lowest BCUT2D eigenvalue weighted by atomic mass is 10.1. The molecule has 0 unspecified atom stereocenters. The number of amides is 3. The van der Waals surface area contributed by atoms with Crippen molar-refractivity contribution < 1.29 is 27.5 Å². The molecule has 0 aromatic heterocycles. The molecule has 0 spiro atoms. The van der Waals surface area contributed by atoms with Crippen LogP contribution in [0, 0.1) is 13.8 Å². The molecular formula is C21H20N2O6S. The van der Waals surface area contributed by atoms with E-state index in [1.807, 2.05) is 13.8 Å². The number of hydrogen-bond acceptors (Lipinski definition) is 6. The molecule has 0 N–H and O–H groups in total. The van der Waals surface area contributed by atoms with Crippen LogP contribution < -0.4 is 4.90 Å². The summed E-state index contributed by atoms with van der Waals surface area (Å²) >= 11 is 0. The van der Waals surface area contributed by atoms with Gasteiger partial charge in [0.05, 0.1) is 10.5 Å². The first kappa shape index (κ1) is 21.3. The number of ether oxygens (including phenoxy) is 1. The van der Waals surface area contributed by atoms with Crippen molar-refractivity contribution in [1.29, 1.82) is 0 Å². The zero-order valence-electron chi connectivity index (χ0n) is 16.5. The van der Waals surface area contributed by atoms with Gasteiger partial charge in [0.15, 0.2) is 0 Å². The summed E-state index contributed by atoms with van der Waals surface area (Å²) in [5, 5.41) is 0. The highest BCUT2D eigenvalue weighted by molar-refractivity contribution is 7.90. The number of imide groups is 1. The molecule has 3 amide bonds. The van der Waals surface area contributed by atoms with Gasteiger partial charge < -0.3 is 4.74 Å². The van der Waals surface area contributed by atoms with Crippen molar-refractivity contribution in [3.05, 3.63) is 71.8 Å². The lowest BCUT2D eigenvalue weighted by molar-refractivity contribution is -0.121. The molecule has 1 fully saturated rings. The molecule has 0 atom stereocenters. The number of sulfonamides is 1. The first-order chi connectivity index (χ1) is 14.2. The summed E-state index contributed by atoms with van der Waals surface area (Å²) in [4.78, 5) is 38.1. The van der Waals surface area contributed by atoms with E-state index in [0.29, 0.717) is 5.69 Å². The fourth-order valence-corrected chi connectivity index (χ4v) is 4.29. The van der Waals surface area contributed by atoms with Crippen molar-refractivity contribution in [3.63, 3.8) is 0 Å². The Morgan fingerprint density at radius 2 is 1.87 bits per heavy atom. The van der Waals surface area contributed by atoms with Gasteiger partial charge >= 0.3 is 12.0 Å². The highest BCUT2D eigenvalue weighted by Gasteiger charge is 2.45. The van der Waals surface area contributed by atoms with Crippen LogP contribution in [-0.4, -0.2) is 43.8 Å². The second-order valence-corrected chi connectivity index (χ2v) is 8.50. The van der Waals surface area contributed by atoms with E-state index in [4.69, 9.17) is 4.74 Å². The molecule has 0 bridgehead atoms. The molecule has 1 heterocycles. The summed E-state index contributed by atoms with van der Waals surface area (Å²) in [6.45, 7) is 6.75. The van der Waals surface area contributed by atoms with Crippen molar-refractivity contribution in [2.75, 3.05) is 18.1 Å². The molecule has 2 aromatic carbocycles. The van der Waals surface area contributed by atoms with E-state index < -0.39 is 34.5 Å². The third-order valence-corrected chi connectivity index (χ3v) is 6.36. The van der Waals surface area contributed by atoms with Crippen molar-refractivity contribution in [3.8, 4) is 0 Å². The van der Waals surface area contributed by atoms with Crippen LogP contribution in [0.25, 0.3) is 0 Å². The number of benzene rings is 2. The number of anilines is 1. The van der Waals surface area contributed by atoms with Crippen LogP contribution in [0.1, 0.15) is 21.5 Å². The number of urea groups is 1. The van der Waals surface area contributed by atoms with Crippen molar-refractivity contribution in [2.45, 2.75) is 18.7 Å². The number of nitrogens with zero attached hydrogens (tertiary/aromatic N) is 2. The average molecular weight is 428 g/mol. The lowest BCUT2D eigenvalue weighted by Gasteiger charge is -2.18. The minimum Gasteiger partial charge on any atom is -0.458 e. The van der Waals surface area contributed by atoms with E-state index in [2.05, 4.69) is 6.58 Å². The summed E-state index contributed by atoms with van der Waals surface area (Å²) < 4.78 is 31.2. The fraction of sp³-hybridized carbons (Fsp3) is 0.190. The maximum absolute atomic E-state index is 13.0. The van der Waals surface area contributed by atoms with Crippen LogP contribution in [0.4, 0.5) is 10.5 Å². The van der Waals surface area contributed by atoms with E-state index in [1.165, 1.54) is 24.3 Å². The molecule has 2 aromatic rings. The molecule has 0 aliphatic carbocycles. The van der Waals surface area contributed by atoms with Crippen molar-refractivity contribution in [2.24, 2.45) is 0 Å². The second-order valence-electron chi connectivity index (χ2n) is 6.72. The maximum atomic E-state index is 13.0. The van der Waals surface area contributed by atoms with Gasteiger partial charge in [-0.3, -0.25) is 9.69 Å². The third-order valence-electron chi connectivity index (χ3n) is 4.67. The Morgan fingerprint density at radius 1 is 1.13 bits per heavy atom. The van der Waals surface area contributed by atoms with Crippen LogP contribution in [-0.2, 0) is 19.6 Å². The molecule has 1 saturated heterocycles. The van der Waals surface area contributed by atoms with Gasteiger partial charge in [-0.2, -0.15) is 0 Å². The number of esters is 1. The van der Waals surface area contributed by atoms with Crippen molar-refractivity contribution >= 4 is 33.6 Å². The number of aryl methyl sites for hydroxylation is 2. The predicted octanol–water partition coefficient (Wildman–Crippen LogP) is 2.80. The Kier molecular flexibility index (Phi) is 5.75. The fourth-order valence-electron chi connectivity index (χ4n) is 2.92. The Labute approximate surface area is 174 Å². The Bertz CT molecular complexity index is 1160. The standard InChI is InChI=1S/C21H20N2O6S/c1-4-10-29-20(25)16-6-5-7-18(12-16)30(27,28)23-19(24)13-22(21(23)26)17-9-8-14(2)15(3)11-17/h4-9,11-12H,1,10,13H2,2-3H3. The van der Waals surface area contributed by atoms with Gasteiger partial charge in [0.25, 0.3) is 15.9 Å². The summed E-state index contributed by atoms with van der Waals surface area (Å²) in [6.07, 6.45) is 1.38. The molecule has 9 heteroatoms. The van der Waals surface area contributed by atoms with Crippen LogP contribution >= 0.6 is 0 Å². The highest BCUT2D eigenvalue weighted by atomic mass is 32.2. The average Bonchev–Trinajstić information content (AvgIpc) is 3.03. The van der Waals surface area contributed by atoms with E-state index in [-0.39, 0.29) is 21.4 Å². The van der Waals surface area contributed by atoms with Gasteiger partial charge in [0.1, 0.15) is 13.2 Å². The molecule has 0 saturated carbocycles. The van der Waals surface area contributed by atoms with Gasteiger partial charge in [-0.25, -0.2) is 18.0 Å². The first-order valence-corrected chi connectivity index (χ1v) is 10.5. The van der Waals surface area contributed by atoms with Gasteiger partial charge in [0, 0.05) is 5.69 Å². The molecule has 1 aliphatic rings. The quantitative estimate of drug-likeness (QED) is 0.398. The Morgan fingerprint density at radius 3 is 2.53 bits per heavy atom. The summed E-state index contributed by atoms with van der Waals surface area (Å²) in [5.74, 6) is -1.62. The maximum Gasteiger partial charge on any atom is 0.346 e. The molecular weight excluding hydrogens is 408 g/mol. The molecule has 0 radical (unpaired) electrons. The largest absolute Gasteiger partial charge is 0.458 e. The summed E-state index contributed by atoms with van der Waals surface area (Å²) in [7, 11) is -4.51. The molecule has 3 rings (SSSR count). The van der Waals surface area contributed by atoms with Crippen LogP contribution in [0.2, 0.25) is 0 Å². The van der Waals surface area contributed by atoms with Gasteiger partial charge in [-0.15, -0.1) is 4.31 Å². The smallest absolute Gasteiger partial charge is 0.346 e.